The van der Waals surface area contributed by atoms with Crippen molar-refractivity contribution in [3.05, 3.63) is 0 Å². The summed E-state index contributed by atoms with van der Waals surface area (Å²) in [5.41, 5.74) is 0. The molecule has 0 aromatic heterocycles. The molecule has 1 aliphatic heterocycles. The lowest BCUT2D eigenvalue weighted by Gasteiger charge is -2.30. The molecular weight excluding hydrogens is 202 g/mol. The normalized spacial score (nSPS) is 21.7. The van der Waals surface area contributed by atoms with Crippen molar-refractivity contribution < 1.29 is 4.74 Å². The predicted octanol–water partition coefficient (Wildman–Crippen LogP) is 0.991. The number of hydrogen-bond acceptors (Lipinski definition) is 4. The van der Waals surface area contributed by atoms with E-state index in [0.717, 1.165) is 32.8 Å². The Labute approximate surface area is 98.6 Å². The van der Waals surface area contributed by atoms with Crippen LogP contribution in [0.25, 0.3) is 0 Å². The SMILES string of the molecule is COCCN(CCC#N)C1CCCNCC1. The van der Waals surface area contributed by atoms with E-state index in [2.05, 4.69) is 16.3 Å². The zero-order valence-electron chi connectivity index (χ0n) is 10.2. The highest BCUT2D eigenvalue weighted by atomic mass is 16.5. The number of rotatable bonds is 6. The maximum Gasteiger partial charge on any atom is 0.0635 e. The maximum atomic E-state index is 8.67. The van der Waals surface area contributed by atoms with Crippen molar-refractivity contribution in [3.8, 4) is 6.07 Å². The molecule has 0 spiro atoms. The third kappa shape index (κ3) is 4.93. The van der Waals surface area contributed by atoms with Crippen LogP contribution in [0.2, 0.25) is 0 Å². The fourth-order valence-electron chi connectivity index (χ4n) is 2.24. The molecule has 16 heavy (non-hydrogen) atoms. The fourth-order valence-corrected chi connectivity index (χ4v) is 2.24. The van der Waals surface area contributed by atoms with Gasteiger partial charge in [-0.15, -0.1) is 0 Å². The van der Waals surface area contributed by atoms with Crippen LogP contribution < -0.4 is 5.32 Å². The molecule has 0 aliphatic carbocycles. The number of nitrogens with one attached hydrogen (secondary N) is 1. The van der Waals surface area contributed by atoms with Gasteiger partial charge < -0.3 is 10.1 Å². The Morgan fingerprint density at radius 1 is 1.38 bits per heavy atom. The van der Waals surface area contributed by atoms with E-state index in [0.29, 0.717) is 12.5 Å². The minimum Gasteiger partial charge on any atom is -0.383 e. The standard InChI is InChI=1S/C12H23N3O/c1-16-11-10-15(9-3-6-13)12-4-2-7-14-8-5-12/h12,14H,2-5,7-11H2,1H3. The van der Waals surface area contributed by atoms with Crippen molar-refractivity contribution in [2.75, 3.05) is 39.9 Å². The molecule has 1 atom stereocenters. The van der Waals surface area contributed by atoms with Gasteiger partial charge in [0.2, 0.25) is 0 Å². The Kier molecular flexibility index (Phi) is 7.15. The fraction of sp³-hybridized carbons (Fsp3) is 0.917. The summed E-state index contributed by atoms with van der Waals surface area (Å²) in [7, 11) is 1.73. The smallest absolute Gasteiger partial charge is 0.0635 e. The molecule has 0 radical (unpaired) electrons. The van der Waals surface area contributed by atoms with Crippen LogP contribution in [-0.2, 0) is 4.74 Å². The van der Waals surface area contributed by atoms with Gasteiger partial charge in [0.1, 0.15) is 0 Å². The number of nitrogens with zero attached hydrogens (tertiary/aromatic N) is 2. The molecule has 92 valence electrons. The molecular formula is C12H23N3O. The molecule has 1 aliphatic rings. The van der Waals surface area contributed by atoms with Gasteiger partial charge in [-0.25, -0.2) is 0 Å². The van der Waals surface area contributed by atoms with Crippen LogP contribution in [-0.4, -0.2) is 50.8 Å². The average molecular weight is 225 g/mol. The summed E-state index contributed by atoms with van der Waals surface area (Å²) >= 11 is 0. The second kappa shape index (κ2) is 8.51. The Hall–Kier alpha value is -0.630. The lowest BCUT2D eigenvalue weighted by molar-refractivity contribution is 0.115. The lowest BCUT2D eigenvalue weighted by Crippen LogP contribution is -2.38. The third-order valence-electron chi connectivity index (χ3n) is 3.16. The molecule has 4 heteroatoms. The van der Waals surface area contributed by atoms with E-state index in [4.69, 9.17) is 10.00 Å². The zero-order valence-corrected chi connectivity index (χ0v) is 10.2. The minimum absolute atomic E-state index is 0.619. The largest absolute Gasteiger partial charge is 0.383 e. The van der Waals surface area contributed by atoms with Gasteiger partial charge in [0, 0.05) is 32.7 Å². The number of nitriles is 1. The van der Waals surface area contributed by atoms with E-state index in [-0.39, 0.29) is 0 Å². The molecule has 1 N–H and O–H groups in total. The van der Waals surface area contributed by atoms with Crippen molar-refractivity contribution >= 4 is 0 Å². The highest BCUT2D eigenvalue weighted by molar-refractivity contribution is 4.79. The van der Waals surface area contributed by atoms with Gasteiger partial charge in [-0.05, 0) is 32.4 Å². The van der Waals surface area contributed by atoms with Crippen LogP contribution in [0.4, 0.5) is 0 Å². The Morgan fingerprint density at radius 2 is 2.25 bits per heavy atom. The molecule has 1 fully saturated rings. The average Bonchev–Trinajstić information content (AvgIpc) is 2.58. The number of hydrogen-bond donors (Lipinski definition) is 1. The molecule has 1 unspecified atom stereocenters. The predicted molar refractivity (Wildman–Crippen MR) is 64.2 cm³/mol. The van der Waals surface area contributed by atoms with Gasteiger partial charge in [-0.3, -0.25) is 4.90 Å². The zero-order chi connectivity index (χ0) is 11.6. The monoisotopic (exact) mass is 225 g/mol. The first-order valence-corrected chi connectivity index (χ1v) is 6.19. The summed E-state index contributed by atoms with van der Waals surface area (Å²) in [5.74, 6) is 0. The van der Waals surface area contributed by atoms with Crippen LogP contribution in [0.15, 0.2) is 0 Å². The van der Waals surface area contributed by atoms with Crippen molar-refractivity contribution in [2.24, 2.45) is 0 Å². The van der Waals surface area contributed by atoms with Gasteiger partial charge in [0.15, 0.2) is 0 Å². The molecule has 1 saturated heterocycles. The van der Waals surface area contributed by atoms with Crippen molar-refractivity contribution in [1.82, 2.24) is 10.2 Å². The van der Waals surface area contributed by atoms with Crippen molar-refractivity contribution in [3.63, 3.8) is 0 Å². The van der Waals surface area contributed by atoms with Crippen molar-refractivity contribution in [2.45, 2.75) is 31.7 Å². The Morgan fingerprint density at radius 3 is 3.00 bits per heavy atom. The molecule has 0 saturated carbocycles. The second-order valence-corrected chi connectivity index (χ2v) is 4.27. The van der Waals surface area contributed by atoms with E-state index >= 15 is 0 Å². The molecule has 4 nitrogen and oxygen atoms in total. The minimum atomic E-state index is 0.619. The van der Waals surface area contributed by atoms with Gasteiger partial charge in [0.25, 0.3) is 0 Å². The van der Waals surface area contributed by atoms with E-state index in [1.54, 1.807) is 7.11 Å². The first kappa shape index (κ1) is 13.4. The number of ether oxygens (including phenoxy) is 1. The van der Waals surface area contributed by atoms with Gasteiger partial charge in [-0.1, -0.05) is 0 Å². The van der Waals surface area contributed by atoms with E-state index in [9.17, 15) is 0 Å². The van der Waals surface area contributed by atoms with Crippen LogP contribution >= 0.6 is 0 Å². The number of methoxy groups -OCH3 is 1. The Balaban J connectivity index is 2.41. The van der Waals surface area contributed by atoms with Crippen LogP contribution in [0, 0.1) is 11.3 Å². The van der Waals surface area contributed by atoms with Crippen LogP contribution in [0.1, 0.15) is 25.7 Å². The summed E-state index contributed by atoms with van der Waals surface area (Å²) in [6, 6.07) is 2.85. The van der Waals surface area contributed by atoms with E-state index in [1.807, 2.05) is 0 Å². The Bertz CT molecular complexity index is 207. The first-order valence-electron chi connectivity index (χ1n) is 6.19. The molecule has 0 aromatic rings. The van der Waals surface area contributed by atoms with Crippen LogP contribution in [0.5, 0.6) is 0 Å². The van der Waals surface area contributed by atoms with Gasteiger partial charge in [0.05, 0.1) is 12.7 Å². The first-order chi connectivity index (χ1) is 7.88. The van der Waals surface area contributed by atoms with Crippen LogP contribution in [0.3, 0.4) is 0 Å². The molecule has 0 bridgehead atoms. The molecule has 1 rings (SSSR count). The quantitative estimate of drug-likeness (QED) is 0.732. The van der Waals surface area contributed by atoms with E-state index < -0.39 is 0 Å². The summed E-state index contributed by atoms with van der Waals surface area (Å²) in [6.45, 7) is 4.82. The topological polar surface area (TPSA) is 48.3 Å². The van der Waals surface area contributed by atoms with Gasteiger partial charge in [-0.2, -0.15) is 5.26 Å². The van der Waals surface area contributed by atoms with Gasteiger partial charge >= 0.3 is 0 Å². The molecule has 0 aromatic carbocycles. The third-order valence-corrected chi connectivity index (χ3v) is 3.16. The van der Waals surface area contributed by atoms with Crippen molar-refractivity contribution in [1.29, 1.82) is 5.26 Å². The summed E-state index contributed by atoms with van der Waals surface area (Å²) in [5, 5.41) is 12.1. The molecule has 1 heterocycles. The highest BCUT2D eigenvalue weighted by Crippen LogP contribution is 2.13. The highest BCUT2D eigenvalue weighted by Gasteiger charge is 2.19. The second-order valence-electron chi connectivity index (χ2n) is 4.27. The summed E-state index contributed by atoms with van der Waals surface area (Å²) in [4.78, 5) is 2.42. The maximum absolute atomic E-state index is 8.67. The molecule has 0 amide bonds. The summed E-state index contributed by atoms with van der Waals surface area (Å²) < 4.78 is 5.13. The van der Waals surface area contributed by atoms with E-state index in [1.165, 1.54) is 19.3 Å². The summed E-state index contributed by atoms with van der Waals surface area (Å²) in [6.07, 6.45) is 4.28. The lowest BCUT2D eigenvalue weighted by atomic mass is 10.1.